The van der Waals surface area contributed by atoms with E-state index in [0.29, 0.717) is 25.7 Å². The molecule has 2 N–H and O–H groups in total. The first kappa shape index (κ1) is 16.0. The monoisotopic (exact) mass is 272 g/mol. The SMILES string of the molecule is CC1(C(=O)O)CCC(C(=O)OCCCCO)C1(C)C. The Labute approximate surface area is 114 Å². The van der Waals surface area contributed by atoms with Crippen LogP contribution in [0.5, 0.6) is 0 Å². The lowest BCUT2D eigenvalue weighted by molar-refractivity contribution is -0.160. The van der Waals surface area contributed by atoms with Crippen molar-refractivity contribution >= 4 is 11.9 Å². The van der Waals surface area contributed by atoms with E-state index < -0.39 is 16.8 Å². The molecule has 1 aliphatic carbocycles. The number of hydrogen-bond donors (Lipinski definition) is 2. The zero-order chi connectivity index (χ0) is 14.7. The molecule has 0 amide bonds. The number of aliphatic carboxylic acids is 1. The first-order valence-electron chi connectivity index (χ1n) is 6.78. The Morgan fingerprint density at radius 3 is 2.37 bits per heavy atom. The predicted octanol–water partition coefficient (Wildman–Crippen LogP) is 1.83. The van der Waals surface area contributed by atoms with Crippen molar-refractivity contribution in [3.63, 3.8) is 0 Å². The van der Waals surface area contributed by atoms with Crippen LogP contribution < -0.4 is 0 Å². The molecule has 1 aliphatic rings. The Bertz CT molecular complexity index is 350. The molecule has 0 saturated heterocycles. The van der Waals surface area contributed by atoms with Crippen LogP contribution in [0, 0.1) is 16.7 Å². The second-order valence-electron chi connectivity index (χ2n) is 6.05. The lowest BCUT2D eigenvalue weighted by atomic mass is 9.66. The van der Waals surface area contributed by atoms with Crippen LogP contribution >= 0.6 is 0 Å². The third kappa shape index (κ3) is 2.91. The maximum Gasteiger partial charge on any atom is 0.309 e. The number of rotatable bonds is 6. The molecule has 0 spiro atoms. The Hall–Kier alpha value is -1.10. The summed E-state index contributed by atoms with van der Waals surface area (Å²) in [6.45, 7) is 5.73. The van der Waals surface area contributed by atoms with Crippen molar-refractivity contribution in [3.8, 4) is 0 Å². The quantitative estimate of drug-likeness (QED) is 0.569. The van der Waals surface area contributed by atoms with Gasteiger partial charge in [0.25, 0.3) is 0 Å². The number of esters is 1. The van der Waals surface area contributed by atoms with E-state index in [0.717, 1.165) is 0 Å². The largest absolute Gasteiger partial charge is 0.481 e. The third-order valence-electron chi connectivity index (χ3n) is 4.78. The van der Waals surface area contributed by atoms with Crippen molar-refractivity contribution < 1.29 is 24.5 Å². The molecule has 5 nitrogen and oxygen atoms in total. The third-order valence-corrected chi connectivity index (χ3v) is 4.78. The zero-order valence-electron chi connectivity index (χ0n) is 11.9. The number of carboxylic acid groups (broad SMARTS) is 1. The highest BCUT2D eigenvalue weighted by Crippen LogP contribution is 2.56. The van der Waals surface area contributed by atoms with Crippen LogP contribution in [0.2, 0.25) is 0 Å². The molecule has 110 valence electrons. The van der Waals surface area contributed by atoms with Gasteiger partial charge in [0.05, 0.1) is 17.9 Å². The first-order chi connectivity index (χ1) is 8.77. The highest BCUT2D eigenvalue weighted by Gasteiger charge is 2.58. The van der Waals surface area contributed by atoms with Gasteiger partial charge in [0.15, 0.2) is 0 Å². The second-order valence-corrected chi connectivity index (χ2v) is 6.05. The van der Waals surface area contributed by atoms with E-state index in [9.17, 15) is 14.7 Å². The van der Waals surface area contributed by atoms with Crippen LogP contribution in [0.1, 0.15) is 46.5 Å². The van der Waals surface area contributed by atoms with Gasteiger partial charge < -0.3 is 14.9 Å². The molecule has 0 radical (unpaired) electrons. The zero-order valence-corrected chi connectivity index (χ0v) is 11.9. The number of hydrogen-bond acceptors (Lipinski definition) is 4. The van der Waals surface area contributed by atoms with Crippen molar-refractivity contribution in [3.05, 3.63) is 0 Å². The summed E-state index contributed by atoms with van der Waals surface area (Å²) in [6.07, 6.45) is 2.28. The van der Waals surface area contributed by atoms with E-state index in [1.165, 1.54) is 0 Å². The molecule has 0 aromatic heterocycles. The summed E-state index contributed by atoms with van der Waals surface area (Å²) in [5.74, 6) is -1.54. The van der Waals surface area contributed by atoms with E-state index in [1.54, 1.807) is 6.92 Å². The topological polar surface area (TPSA) is 83.8 Å². The van der Waals surface area contributed by atoms with Gasteiger partial charge in [0, 0.05) is 6.61 Å². The van der Waals surface area contributed by atoms with E-state index in [2.05, 4.69) is 0 Å². The fourth-order valence-electron chi connectivity index (χ4n) is 2.78. The molecule has 0 bridgehead atoms. The van der Waals surface area contributed by atoms with Crippen molar-refractivity contribution in [2.45, 2.75) is 46.5 Å². The standard InChI is InChI=1S/C14H24O5/c1-13(2)10(6-7-14(13,3)12(17)18)11(16)19-9-5-4-8-15/h10,15H,4-9H2,1-3H3,(H,17,18). The van der Waals surface area contributed by atoms with Crippen LogP contribution in [-0.4, -0.2) is 35.4 Å². The molecule has 2 unspecified atom stereocenters. The minimum atomic E-state index is -0.887. The summed E-state index contributed by atoms with van der Waals surface area (Å²) in [7, 11) is 0. The number of carbonyl (C=O) groups is 2. The summed E-state index contributed by atoms with van der Waals surface area (Å²) in [5.41, 5.74) is -1.51. The number of aliphatic hydroxyl groups is 1. The molecular weight excluding hydrogens is 248 g/mol. The van der Waals surface area contributed by atoms with E-state index in [-0.39, 0.29) is 25.1 Å². The molecule has 0 aromatic carbocycles. The number of unbranched alkanes of at least 4 members (excludes halogenated alkanes) is 1. The molecule has 0 aliphatic heterocycles. The van der Waals surface area contributed by atoms with Gasteiger partial charge in [0.2, 0.25) is 0 Å². The molecule has 19 heavy (non-hydrogen) atoms. The Morgan fingerprint density at radius 2 is 1.89 bits per heavy atom. The summed E-state index contributed by atoms with van der Waals surface area (Å²) >= 11 is 0. The van der Waals surface area contributed by atoms with Crippen LogP contribution in [0.3, 0.4) is 0 Å². The second kappa shape index (κ2) is 5.90. The molecule has 5 heteroatoms. The average molecular weight is 272 g/mol. The molecule has 1 rings (SSSR count). The smallest absolute Gasteiger partial charge is 0.309 e. The molecule has 0 aromatic rings. The van der Waals surface area contributed by atoms with E-state index >= 15 is 0 Å². The summed E-state index contributed by atoms with van der Waals surface area (Å²) in [6, 6.07) is 0. The van der Waals surface area contributed by atoms with Crippen molar-refractivity contribution in [2.75, 3.05) is 13.2 Å². The fourth-order valence-corrected chi connectivity index (χ4v) is 2.78. The van der Waals surface area contributed by atoms with Crippen molar-refractivity contribution in [1.29, 1.82) is 0 Å². The van der Waals surface area contributed by atoms with E-state index in [4.69, 9.17) is 9.84 Å². The number of carboxylic acids is 1. The van der Waals surface area contributed by atoms with Gasteiger partial charge in [-0.05, 0) is 38.0 Å². The number of aliphatic hydroxyl groups excluding tert-OH is 1. The van der Waals surface area contributed by atoms with E-state index in [1.807, 2.05) is 13.8 Å². The molecule has 2 atom stereocenters. The normalized spacial score (nSPS) is 29.2. The highest BCUT2D eigenvalue weighted by atomic mass is 16.5. The van der Waals surface area contributed by atoms with Crippen LogP contribution in [-0.2, 0) is 14.3 Å². The van der Waals surface area contributed by atoms with Gasteiger partial charge in [0.1, 0.15) is 0 Å². The van der Waals surface area contributed by atoms with Crippen LogP contribution in [0.15, 0.2) is 0 Å². The van der Waals surface area contributed by atoms with Crippen molar-refractivity contribution in [2.24, 2.45) is 16.7 Å². The summed E-state index contributed by atoms with van der Waals surface area (Å²) < 4.78 is 5.19. The Morgan fingerprint density at radius 1 is 1.26 bits per heavy atom. The molecular formula is C14H24O5. The predicted molar refractivity (Wildman–Crippen MR) is 69.5 cm³/mol. The minimum absolute atomic E-state index is 0.0869. The molecule has 1 saturated carbocycles. The summed E-state index contributed by atoms with van der Waals surface area (Å²) in [4.78, 5) is 23.5. The Balaban J connectivity index is 2.65. The summed E-state index contributed by atoms with van der Waals surface area (Å²) in [5, 5.41) is 18.0. The number of ether oxygens (including phenoxy) is 1. The molecule has 0 heterocycles. The van der Waals surface area contributed by atoms with Gasteiger partial charge >= 0.3 is 11.9 Å². The van der Waals surface area contributed by atoms with Crippen LogP contribution in [0.4, 0.5) is 0 Å². The van der Waals surface area contributed by atoms with Gasteiger partial charge in [-0.1, -0.05) is 13.8 Å². The number of carbonyl (C=O) groups excluding carboxylic acids is 1. The lowest BCUT2D eigenvalue weighted by Crippen LogP contribution is -2.43. The van der Waals surface area contributed by atoms with Crippen LogP contribution in [0.25, 0.3) is 0 Å². The Kier molecular flexibility index (Phi) is 4.96. The first-order valence-corrected chi connectivity index (χ1v) is 6.78. The van der Waals surface area contributed by atoms with Gasteiger partial charge in [-0.15, -0.1) is 0 Å². The van der Waals surface area contributed by atoms with Gasteiger partial charge in [-0.25, -0.2) is 0 Å². The van der Waals surface area contributed by atoms with Crippen molar-refractivity contribution in [1.82, 2.24) is 0 Å². The maximum absolute atomic E-state index is 12.1. The average Bonchev–Trinajstić information content (AvgIpc) is 2.57. The lowest BCUT2D eigenvalue weighted by Gasteiger charge is -2.37. The highest BCUT2D eigenvalue weighted by molar-refractivity contribution is 5.80. The minimum Gasteiger partial charge on any atom is -0.481 e. The maximum atomic E-state index is 12.1. The molecule has 1 fully saturated rings. The fraction of sp³-hybridized carbons (Fsp3) is 0.857. The van der Waals surface area contributed by atoms with Gasteiger partial charge in [-0.2, -0.15) is 0 Å². The van der Waals surface area contributed by atoms with Gasteiger partial charge in [-0.3, -0.25) is 9.59 Å².